The molecule has 106 valence electrons. The lowest BCUT2D eigenvalue weighted by molar-refractivity contribution is 0.0802. The number of ether oxygens (including phenoxy) is 1. The molecule has 2 aromatic heterocycles. The fraction of sp³-hybridized carbons (Fsp3) is 0.455. The van der Waals surface area contributed by atoms with E-state index in [1.165, 1.54) is 6.33 Å². The summed E-state index contributed by atoms with van der Waals surface area (Å²) in [6.07, 6.45) is 1.02. The van der Waals surface area contributed by atoms with Crippen molar-refractivity contribution in [1.29, 1.82) is 0 Å². The molecule has 20 heavy (non-hydrogen) atoms. The molecule has 9 nitrogen and oxygen atoms in total. The van der Waals surface area contributed by atoms with Crippen LogP contribution < -0.4 is 10.6 Å². The van der Waals surface area contributed by atoms with Crippen LogP contribution in [0.2, 0.25) is 0 Å². The summed E-state index contributed by atoms with van der Waals surface area (Å²) in [5.74, 6) is 1.48. The minimum Gasteiger partial charge on any atom is -0.409 e. The highest BCUT2D eigenvalue weighted by Gasteiger charge is 2.26. The first-order valence-electron chi connectivity index (χ1n) is 6.20. The first-order chi connectivity index (χ1) is 9.69. The van der Waals surface area contributed by atoms with Crippen molar-refractivity contribution in [3.8, 4) is 0 Å². The van der Waals surface area contributed by atoms with Gasteiger partial charge in [-0.05, 0) is 6.92 Å². The Bertz CT molecular complexity index is 653. The summed E-state index contributed by atoms with van der Waals surface area (Å²) in [7, 11) is 0. The molecule has 0 aliphatic carbocycles. The maximum Gasteiger partial charge on any atom is 0.254 e. The number of nitrogens with zero attached hydrogens (tertiary/aromatic N) is 6. The molecule has 0 amide bonds. The van der Waals surface area contributed by atoms with Crippen LogP contribution in [0.4, 0.5) is 5.82 Å². The predicted molar refractivity (Wildman–Crippen MR) is 70.9 cm³/mol. The van der Waals surface area contributed by atoms with E-state index in [1.807, 2.05) is 13.0 Å². The van der Waals surface area contributed by atoms with Crippen molar-refractivity contribution in [3.63, 3.8) is 0 Å². The highest BCUT2D eigenvalue weighted by atomic mass is 16.5. The molecule has 1 atom stereocenters. The maximum atomic E-state index is 8.75. The van der Waals surface area contributed by atoms with Crippen LogP contribution in [0.25, 0.3) is 5.78 Å². The lowest BCUT2D eigenvalue weighted by atomic mass is 10.2. The summed E-state index contributed by atoms with van der Waals surface area (Å²) in [5.41, 5.74) is 6.47. The first kappa shape index (κ1) is 12.6. The van der Waals surface area contributed by atoms with Gasteiger partial charge in [0.1, 0.15) is 18.2 Å². The summed E-state index contributed by atoms with van der Waals surface area (Å²) < 4.78 is 7.16. The van der Waals surface area contributed by atoms with Crippen LogP contribution in [0, 0.1) is 6.92 Å². The zero-order valence-corrected chi connectivity index (χ0v) is 11.0. The van der Waals surface area contributed by atoms with E-state index in [0.29, 0.717) is 25.5 Å². The standard InChI is InChI=1S/C11H15N7O2/c1-7-4-9(18-11(15-7)13-6-14-18)17-2-3-20-8(5-17)10(12)16-19/h4,6,8,19H,2-3,5H2,1H3,(H2,12,16). The Hall–Kier alpha value is -2.42. The van der Waals surface area contributed by atoms with E-state index in [2.05, 4.69) is 25.1 Å². The van der Waals surface area contributed by atoms with Gasteiger partial charge in [0.15, 0.2) is 5.84 Å². The third kappa shape index (κ3) is 2.11. The number of fused-ring (bicyclic) bond motifs is 1. The fourth-order valence-corrected chi connectivity index (χ4v) is 2.24. The minimum absolute atomic E-state index is 0.0651. The second kappa shape index (κ2) is 4.93. The van der Waals surface area contributed by atoms with Gasteiger partial charge in [-0.3, -0.25) is 0 Å². The molecular weight excluding hydrogens is 262 g/mol. The molecule has 3 heterocycles. The van der Waals surface area contributed by atoms with Crippen LogP contribution in [0.3, 0.4) is 0 Å². The maximum absolute atomic E-state index is 8.75. The third-order valence-corrected chi connectivity index (χ3v) is 3.20. The Morgan fingerprint density at radius 1 is 1.60 bits per heavy atom. The zero-order valence-electron chi connectivity index (χ0n) is 11.0. The van der Waals surface area contributed by atoms with Crippen molar-refractivity contribution in [2.45, 2.75) is 13.0 Å². The number of aromatic nitrogens is 4. The van der Waals surface area contributed by atoms with Crippen molar-refractivity contribution in [1.82, 2.24) is 19.6 Å². The number of morpholine rings is 1. The second-order valence-electron chi connectivity index (χ2n) is 4.56. The van der Waals surface area contributed by atoms with Crippen molar-refractivity contribution >= 4 is 17.4 Å². The van der Waals surface area contributed by atoms with Gasteiger partial charge in [-0.15, -0.1) is 0 Å². The van der Waals surface area contributed by atoms with Gasteiger partial charge >= 0.3 is 0 Å². The van der Waals surface area contributed by atoms with Gasteiger partial charge in [0.05, 0.1) is 13.2 Å². The molecule has 0 radical (unpaired) electrons. The summed E-state index contributed by atoms with van der Waals surface area (Å²) in [4.78, 5) is 10.5. The lowest BCUT2D eigenvalue weighted by Gasteiger charge is -2.33. The van der Waals surface area contributed by atoms with Gasteiger partial charge in [0, 0.05) is 18.3 Å². The van der Waals surface area contributed by atoms with E-state index in [-0.39, 0.29) is 5.84 Å². The van der Waals surface area contributed by atoms with E-state index in [1.54, 1.807) is 4.52 Å². The lowest BCUT2D eigenvalue weighted by Crippen LogP contribution is -2.49. The topological polar surface area (TPSA) is 114 Å². The van der Waals surface area contributed by atoms with E-state index < -0.39 is 6.10 Å². The third-order valence-electron chi connectivity index (χ3n) is 3.20. The average molecular weight is 277 g/mol. The smallest absolute Gasteiger partial charge is 0.254 e. The van der Waals surface area contributed by atoms with Gasteiger partial charge in [-0.25, -0.2) is 4.98 Å². The number of oxime groups is 1. The number of anilines is 1. The molecule has 0 bridgehead atoms. The van der Waals surface area contributed by atoms with Crippen molar-refractivity contribution in [2.75, 3.05) is 24.6 Å². The summed E-state index contributed by atoms with van der Waals surface area (Å²) in [6.45, 7) is 3.56. The van der Waals surface area contributed by atoms with Gasteiger partial charge in [-0.2, -0.15) is 14.6 Å². The highest BCUT2D eigenvalue weighted by molar-refractivity contribution is 5.85. The predicted octanol–water partition coefficient (Wildman–Crippen LogP) is -0.616. The van der Waals surface area contributed by atoms with Crippen LogP contribution in [-0.4, -0.2) is 56.4 Å². The van der Waals surface area contributed by atoms with E-state index >= 15 is 0 Å². The first-order valence-corrected chi connectivity index (χ1v) is 6.20. The van der Waals surface area contributed by atoms with Crippen molar-refractivity contribution in [3.05, 3.63) is 18.1 Å². The summed E-state index contributed by atoms with van der Waals surface area (Å²) in [6, 6.07) is 1.93. The molecule has 1 unspecified atom stereocenters. The van der Waals surface area contributed by atoms with E-state index in [4.69, 9.17) is 15.7 Å². The largest absolute Gasteiger partial charge is 0.409 e. The van der Waals surface area contributed by atoms with Crippen LogP contribution in [-0.2, 0) is 4.74 Å². The summed E-state index contributed by atoms with van der Waals surface area (Å²) >= 11 is 0. The molecule has 0 saturated carbocycles. The van der Waals surface area contributed by atoms with Crippen molar-refractivity contribution < 1.29 is 9.94 Å². The SMILES string of the molecule is Cc1cc(N2CCOC(C(N)=NO)C2)n2ncnc2n1. The Morgan fingerprint density at radius 2 is 2.45 bits per heavy atom. The number of rotatable bonds is 2. The van der Waals surface area contributed by atoms with E-state index in [9.17, 15) is 0 Å². The number of hydrogen-bond acceptors (Lipinski definition) is 7. The summed E-state index contributed by atoms with van der Waals surface area (Å²) in [5, 5.41) is 15.9. The Kier molecular flexibility index (Phi) is 3.11. The van der Waals surface area contributed by atoms with Crippen LogP contribution in [0.15, 0.2) is 17.5 Å². The fourth-order valence-electron chi connectivity index (χ4n) is 2.24. The number of nitrogens with two attached hydrogens (primary N) is 1. The van der Waals surface area contributed by atoms with E-state index in [0.717, 1.165) is 11.5 Å². The van der Waals surface area contributed by atoms with Gasteiger partial charge in [0.25, 0.3) is 5.78 Å². The molecular formula is C11H15N7O2. The molecule has 2 aromatic rings. The molecule has 3 N–H and O–H groups in total. The van der Waals surface area contributed by atoms with Crippen LogP contribution in [0.5, 0.6) is 0 Å². The molecule has 3 rings (SSSR count). The van der Waals surface area contributed by atoms with Gasteiger partial charge in [-0.1, -0.05) is 5.16 Å². The molecule has 0 aromatic carbocycles. The second-order valence-corrected chi connectivity index (χ2v) is 4.56. The van der Waals surface area contributed by atoms with Crippen LogP contribution in [0.1, 0.15) is 5.69 Å². The normalized spacial score (nSPS) is 20.6. The average Bonchev–Trinajstić information content (AvgIpc) is 2.93. The molecule has 0 spiro atoms. The number of aryl methyl sites for hydroxylation is 1. The Balaban J connectivity index is 1.96. The molecule has 9 heteroatoms. The Morgan fingerprint density at radius 3 is 3.25 bits per heavy atom. The molecule has 1 aliphatic heterocycles. The Labute approximate surface area is 114 Å². The number of hydrogen-bond donors (Lipinski definition) is 2. The molecule has 1 fully saturated rings. The zero-order chi connectivity index (χ0) is 14.1. The monoisotopic (exact) mass is 277 g/mol. The quantitative estimate of drug-likeness (QED) is 0.325. The molecule has 1 aliphatic rings. The highest BCUT2D eigenvalue weighted by Crippen LogP contribution is 2.19. The minimum atomic E-state index is -0.444. The molecule has 1 saturated heterocycles. The van der Waals surface area contributed by atoms with Crippen molar-refractivity contribution in [2.24, 2.45) is 10.9 Å². The number of amidine groups is 1. The van der Waals surface area contributed by atoms with Gasteiger partial charge in [0.2, 0.25) is 0 Å². The van der Waals surface area contributed by atoms with Gasteiger partial charge < -0.3 is 20.6 Å². The van der Waals surface area contributed by atoms with Crippen LogP contribution >= 0.6 is 0 Å².